The van der Waals surface area contributed by atoms with Gasteiger partial charge < -0.3 is 11.2 Å². The van der Waals surface area contributed by atoms with E-state index in [1.54, 1.807) is 0 Å². The van der Waals surface area contributed by atoms with Crippen LogP contribution < -0.4 is 11.2 Å². The molecule has 1 amide bonds. The summed E-state index contributed by atoms with van der Waals surface area (Å²) >= 11 is 4.71. The molecule has 0 unspecified atom stereocenters. The highest BCUT2D eigenvalue weighted by atomic mass is 79.9. The molecular weight excluding hydrogens is 378 g/mol. The van der Waals surface area contributed by atoms with Gasteiger partial charge in [-0.05, 0) is 37.8 Å². The summed E-state index contributed by atoms with van der Waals surface area (Å²) in [6.07, 6.45) is 2.42. The monoisotopic (exact) mass is 395 g/mol. The van der Waals surface area contributed by atoms with Crippen molar-refractivity contribution in [3.8, 4) is 11.4 Å². The molecule has 23 heavy (non-hydrogen) atoms. The van der Waals surface area contributed by atoms with Crippen LogP contribution in [0.2, 0.25) is 0 Å². The number of hydrogen-bond donors (Lipinski definition) is 2. The van der Waals surface area contributed by atoms with E-state index < -0.39 is 0 Å². The van der Waals surface area contributed by atoms with Crippen LogP contribution in [0.5, 0.6) is 0 Å². The van der Waals surface area contributed by atoms with E-state index in [4.69, 9.17) is 5.84 Å². The van der Waals surface area contributed by atoms with Gasteiger partial charge in [-0.2, -0.15) is 0 Å². The molecule has 0 radical (unpaired) electrons. The molecule has 0 saturated heterocycles. The van der Waals surface area contributed by atoms with Gasteiger partial charge in [0.1, 0.15) is 0 Å². The number of hydrogen-bond acceptors (Lipinski definition) is 5. The Labute approximate surface area is 147 Å². The molecule has 1 aliphatic rings. The average molecular weight is 396 g/mol. The van der Waals surface area contributed by atoms with Crippen molar-refractivity contribution in [1.29, 1.82) is 0 Å². The Bertz CT molecular complexity index is 716. The predicted molar refractivity (Wildman–Crippen MR) is 94.4 cm³/mol. The number of aromatic nitrogens is 3. The van der Waals surface area contributed by atoms with Crippen molar-refractivity contribution in [2.24, 2.45) is 5.92 Å². The van der Waals surface area contributed by atoms with Crippen LogP contribution in [-0.4, -0.2) is 32.6 Å². The Kier molecular flexibility index (Phi) is 4.91. The number of rotatable bonds is 6. The van der Waals surface area contributed by atoms with Gasteiger partial charge in [-0.25, -0.2) is 4.68 Å². The van der Waals surface area contributed by atoms with E-state index in [9.17, 15) is 4.79 Å². The lowest BCUT2D eigenvalue weighted by atomic mass is 10.2. The molecule has 0 bridgehead atoms. The van der Waals surface area contributed by atoms with Crippen molar-refractivity contribution in [1.82, 2.24) is 20.2 Å². The summed E-state index contributed by atoms with van der Waals surface area (Å²) in [5.74, 6) is 7.55. The Morgan fingerprint density at radius 2 is 2.30 bits per heavy atom. The molecule has 0 aliphatic heterocycles. The van der Waals surface area contributed by atoms with Crippen molar-refractivity contribution in [2.45, 2.75) is 31.0 Å². The fourth-order valence-corrected chi connectivity index (χ4v) is 3.41. The number of carbonyl (C=O) groups excluding carboxylic acids is 1. The van der Waals surface area contributed by atoms with E-state index in [0.717, 1.165) is 10.0 Å². The van der Waals surface area contributed by atoms with E-state index in [1.165, 1.54) is 29.3 Å². The average Bonchev–Trinajstić information content (AvgIpc) is 3.30. The molecule has 1 fully saturated rings. The number of nitrogens with one attached hydrogen (secondary N) is 1. The zero-order valence-electron chi connectivity index (χ0n) is 12.7. The summed E-state index contributed by atoms with van der Waals surface area (Å²) in [6, 6.07) is 7.92. The first-order valence-corrected chi connectivity index (χ1v) is 9.21. The van der Waals surface area contributed by atoms with E-state index in [0.29, 0.717) is 16.9 Å². The summed E-state index contributed by atoms with van der Waals surface area (Å²) in [5, 5.41) is 11.7. The second-order valence-electron chi connectivity index (χ2n) is 5.67. The highest BCUT2D eigenvalue weighted by Crippen LogP contribution is 2.32. The van der Waals surface area contributed by atoms with E-state index in [1.807, 2.05) is 24.3 Å². The molecular formula is C15H18BrN5OS. The first-order valence-electron chi connectivity index (χ1n) is 7.43. The van der Waals surface area contributed by atoms with Crippen LogP contribution in [0.4, 0.5) is 0 Å². The molecule has 122 valence electrons. The number of halogens is 1. The third-order valence-corrected chi connectivity index (χ3v) is 5.23. The third-order valence-electron chi connectivity index (χ3n) is 3.80. The Balaban J connectivity index is 1.62. The number of amides is 1. The maximum Gasteiger partial charge on any atom is 0.230 e. The fraction of sp³-hybridized carbons (Fsp3) is 0.400. The Morgan fingerprint density at radius 3 is 3.00 bits per heavy atom. The number of nitrogen functional groups attached to an aromatic ring is 1. The van der Waals surface area contributed by atoms with Gasteiger partial charge in [0.05, 0.1) is 5.75 Å². The third kappa shape index (κ3) is 4.06. The first-order chi connectivity index (χ1) is 11.0. The smallest absolute Gasteiger partial charge is 0.230 e. The van der Waals surface area contributed by atoms with Crippen LogP contribution in [0.15, 0.2) is 33.9 Å². The van der Waals surface area contributed by atoms with Gasteiger partial charge in [0.15, 0.2) is 5.82 Å². The van der Waals surface area contributed by atoms with Crippen molar-refractivity contribution >= 4 is 33.6 Å². The molecule has 1 aliphatic carbocycles. The van der Waals surface area contributed by atoms with Gasteiger partial charge in [0, 0.05) is 16.1 Å². The fourth-order valence-electron chi connectivity index (χ4n) is 2.34. The lowest BCUT2D eigenvalue weighted by molar-refractivity contribution is -0.119. The molecule has 3 rings (SSSR count). The molecule has 1 heterocycles. The van der Waals surface area contributed by atoms with Crippen LogP contribution in [0.1, 0.15) is 19.8 Å². The van der Waals surface area contributed by atoms with Crippen LogP contribution >= 0.6 is 27.7 Å². The van der Waals surface area contributed by atoms with Gasteiger partial charge in [-0.1, -0.05) is 39.8 Å². The molecule has 1 saturated carbocycles. The molecule has 8 heteroatoms. The van der Waals surface area contributed by atoms with Crippen LogP contribution in [-0.2, 0) is 4.79 Å². The highest BCUT2D eigenvalue weighted by molar-refractivity contribution is 9.10. The number of benzene rings is 1. The highest BCUT2D eigenvalue weighted by Gasteiger charge is 2.28. The van der Waals surface area contributed by atoms with Crippen molar-refractivity contribution in [3.05, 3.63) is 28.7 Å². The summed E-state index contributed by atoms with van der Waals surface area (Å²) in [4.78, 5) is 12.0. The number of nitrogens with zero attached hydrogens (tertiary/aromatic N) is 3. The SMILES string of the molecule is C[C@H](NC(=O)CSc1nnc(-c2cccc(Br)c2)n1N)C1CC1. The molecule has 6 nitrogen and oxygen atoms in total. The summed E-state index contributed by atoms with van der Waals surface area (Å²) < 4.78 is 2.37. The van der Waals surface area contributed by atoms with Gasteiger partial charge in [-0.3, -0.25) is 4.79 Å². The topological polar surface area (TPSA) is 85.8 Å². The normalized spacial score (nSPS) is 15.4. The summed E-state index contributed by atoms with van der Waals surface area (Å²) in [7, 11) is 0. The second-order valence-corrected chi connectivity index (χ2v) is 7.53. The second kappa shape index (κ2) is 6.92. The zero-order valence-corrected chi connectivity index (χ0v) is 15.1. The van der Waals surface area contributed by atoms with E-state index in [-0.39, 0.29) is 17.7 Å². The maximum atomic E-state index is 12.0. The van der Waals surface area contributed by atoms with Crippen molar-refractivity contribution < 1.29 is 4.79 Å². The van der Waals surface area contributed by atoms with Gasteiger partial charge in [-0.15, -0.1) is 10.2 Å². The molecule has 1 aromatic heterocycles. The standard InChI is InChI=1S/C15H18BrN5OS/c1-9(10-5-6-10)18-13(22)8-23-15-20-19-14(21(15)17)11-3-2-4-12(16)7-11/h2-4,7,9-10H,5-6,8,17H2,1H3,(H,18,22)/t9-/m0/s1. The summed E-state index contributed by atoms with van der Waals surface area (Å²) in [5.41, 5.74) is 0.869. The number of nitrogens with two attached hydrogens (primary N) is 1. The minimum absolute atomic E-state index is 0.00130. The Morgan fingerprint density at radius 1 is 1.52 bits per heavy atom. The van der Waals surface area contributed by atoms with Gasteiger partial charge in [0.2, 0.25) is 11.1 Å². The molecule has 1 atom stereocenters. The van der Waals surface area contributed by atoms with Crippen LogP contribution in [0.25, 0.3) is 11.4 Å². The number of thioether (sulfide) groups is 1. The first kappa shape index (κ1) is 16.3. The molecule has 1 aromatic carbocycles. The summed E-state index contributed by atoms with van der Waals surface area (Å²) in [6.45, 7) is 2.05. The van der Waals surface area contributed by atoms with Gasteiger partial charge >= 0.3 is 0 Å². The predicted octanol–water partition coefficient (Wildman–Crippen LogP) is 2.43. The van der Waals surface area contributed by atoms with Crippen LogP contribution in [0.3, 0.4) is 0 Å². The molecule has 0 spiro atoms. The molecule has 2 aromatic rings. The lowest BCUT2D eigenvalue weighted by Crippen LogP contribution is -2.35. The lowest BCUT2D eigenvalue weighted by Gasteiger charge is -2.12. The largest absolute Gasteiger partial charge is 0.353 e. The minimum atomic E-state index is 0.00130. The quantitative estimate of drug-likeness (QED) is 0.579. The minimum Gasteiger partial charge on any atom is -0.353 e. The maximum absolute atomic E-state index is 12.0. The van der Waals surface area contributed by atoms with Gasteiger partial charge in [0.25, 0.3) is 0 Å². The van der Waals surface area contributed by atoms with Crippen LogP contribution in [0, 0.1) is 5.92 Å². The number of carbonyl (C=O) groups is 1. The van der Waals surface area contributed by atoms with Crippen molar-refractivity contribution in [2.75, 3.05) is 11.6 Å². The molecule has 3 N–H and O–H groups in total. The van der Waals surface area contributed by atoms with E-state index in [2.05, 4.69) is 38.4 Å². The van der Waals surface area contributed by atoms with Crippen molar-refractivity contribution in [3.63, 3.8) is 0 Å². The van der Waals surface area contributed by atoms with E-state index >= 15 is 0 Å². The zero-order chi connectivity index (χ0) is 16.4. The Hall–Kier alpha value is -1.54.